The number of nitrogens with one attached hydrogen (secondary N) is 1. The molecule has 1 aromatic carbocycles. The summed E-state index contributed by atoms with van der Waals surface area (Å²) in [6.07, 6.45) is 7.77. The molecule has 5 rings (SSSR count). The fourth-order valence-corrected chi connectivity index (χ4v) is 5.07. The maximum absolute atomic E-state index is 14.8. The number of benzene rings is 1. The van der Waals surface area contributed by atoms with Gasteiger partial charge in [0.15, 0.2) is 11.6 Å². The summed E-state index contributed by atoms with van der Waals surface area (Å²) < 4.78 is 21.6. The average molecular weight is 504 g/mol. The molecule has 0 amide bonds. The fourth-order valence-electron chi connectivity index (χ4n) is 4.03. The summed E-state index contributed by atoms with van der Waals surface area (Å²) in [5, 5.41) is 3.48. The van der Waals surface area contributed by atoms with Crippen molar-refractivity contribution in [3.05, 3.63) is 71.8 Å². The number of rotatable bonds is 11. The number of pyridine rings is 2. The van der Waals surface area contributed by atoms with Crippen molar-refractivity contribution >= 4 is 27.3 Å². The number of hydrogen-bond acceptors (Lipinski definition) is 6. The van der Waals surface area contributed by atoms with Gasteiger partial charge < -0.3 is 10.1 Å². The van der Waals surface area contributed by atoms with Gasteiger partial charge in [0.05, 0.1) is 20.8 Å². The maximum atomic E-state index is 14.8. The van der Waals surface area contributed by atoms with Crippen LogP contribution < -0.4 is 10.1 Å². The molecule has 3 heterocycles. The second-order valence-electron chi connectivity index (χ2n) is 9.61. The molecule has 0 aliphatic heterocycles. The zero-order valence-corrected chi connectivity index (χ0v) is 21.4. The standard InChI is InChI=1S/C29H30FN3O2S/c1-3-18(2)32-16-21-6-8-24(33-17-21)28-15-25-29(36-28)27(10-11-31-25)35-26-9-7-20(14-23(26)30)13-22(34)12-19-4-5-19/h6-11,14-15,17-19,32H,3-5,12-13,16H2,1-2H3/t18-/m0/s1. The normalized spacial score (nSPS) is 14.2. The molecule has 1 saturated carbocycles. The number of nitrogens with zero attached hydrogens (tertiary/aromatic N) is 2. The predicted molar refractivity (Wildman–Crippen MR) is 142 cm³/mol. The third-order valence-electron chi connectivity index (χ3n) is 6.55. The van der Waals surface area contributed by atoms with Crippen molar-refractivity contribution < 1.29 is 13.9 Å². The highest BCUT2D eigenvalue weighted by Gasteiger charge is 2.24. The maximum Gasteiger partial charge on any atom is 0.166 e. The Labute approximate surface area is 214 Å². The van der Waals surface area contributed by atoms with Crippen LogP contribution in [0.2, 0.25) is 0 Å². The molecular weight excluding hydrogens is 473 g/mol. The van der Waals surface area contributed by atoms with E-state index >= 15 is 0 Å². The highest BCUT2D eigenvalue weighted by molar-refractivity contribution is 7.22. The molecule has 1 aliphatic rings. The van der Waals surface area contributed by atoms with E-state index in [0.29, 0.717) is 29.7 Å². The molecule has 0 bridgehead atoms. The molecule has 1 N–H and O–H groups in total. The van der Waals surface area contributed by atoms with E-state index in [1.54, 1.807) is 24.4 Å². The van der Waals surface area contributed by atoms with Crippen LogP contribution in [0.1, 0.15) is 50.7 Å². The number of ketones is 1. The van der Waals surface area contributed by atoms with Crippen LogP contribution in [0.5, 0.6) is 11.5 Å². The molecular formula is C29H30FN3O2S. The summed E-state index contributed by atoms with van der Waals surface area (Å²) in [6, 6.07) is 13.1. The van der Waals surface area contributed by atoms with Crippen molar-refractivity contribution in [2.24, 2.45) is 5.92 Å². The van der Waals surface area contributed by atoms with Crippen LogP contribution in [-0.4, -0.2) is 21.8 Å². The molecule has 1 fully saturated rings. The van der Waals surface area contributed by atoms with Crippen LogP contribution in [0.3, 0.4) is 0 Å². The minimum absolute atomic E-state index is 0.132. The van der Waals surface area contributed by atoms with Gasteiger partial charge in [-0.05, 0) is 67.5 Å². The first kappa shape index (κ1) is 24.5. The Morgan fingerprint density at radius 1 is 1.14 bits per heavy atom. The van der Waals surface area contributed by atoms with Crippen molar-refractivity contribution in [1.82, 2.24) is 15.3 Å². The van der Waals surface area contributed by atoms with Crippen molar-refractivity contribution in [3.8, 4) is 22.1 Å². The molecule has 5 nitrogen and oxygen atoms in total. The van der Waals surface area contributed by atoms with Crippen LogP contribution in [-0.2, 0) is 17.8 Å². The zero-order valence-electron chi connectivity index (χ0n) is 20.6. The number of aromatic nitrogens is 2. The third-order valence-corrected chi connectivity index (χ3v) is 7.71. The summed E-state index contributed by atoms with van der Waals surface area (Å²) >= 11 is 1.52. The van der Waals surface area contributed by atoms with Crippen molar-refractivity contribution in [2.45, 2.75) is 58.5 Å². The van der Waals surface area contributed by atoms with E-state index in [1.165, 1.54) is 17.4 Å². The molecule has 186 valence electrons. The molecule has 0 saturated heterocycles. The SMILES string of the molecule is CC[C@H](C)NCc1ccc(-c2cc3nccc(Oc4ccc(CC(=O)CC5CC5)cc4F)c3s2)nc1. The molecule has 36 heavy (non-hydrogen) atoms. The van der Waals surface area contributed by atoms with E-state index in [0.717, 1.165) is 52.2 Å². The quantitative estimate of drug-likeness (QED) is 0.237. The van der Waals surface area contributed by atoms with E-state index in [4.69, 9.17) is 4.74 Å². The van der Waals surface area contributed by atoms with Crippen LogP contribution in [0, 0.1) is 11.7 Å². The second kappa shape index (κ2) is 10.8. The third kappa shape index (κ3) is 5.97. The van der Waals surface area contributed by atoms with Gasteiger partial charge in [-0.25, -0.2) is 4.39 Å². The summed E-state index contributed by atoms with van der Waals surface area (Å²) in [5.74, 6) is 0.904. The molecule has 0 spiro atoms. The van der Waals surface area contributed by atoms with E-state index in [1.807, 2.05) is 18.3 Å². The first-order valence-corrected chi connectivity index (χ1v) is 13.4. The van der Waals surface area contributed by atoms with Gasteiger partial charge in [0.2, 0.25) is 0 Å². The number of carbonyl (C=O) groups excluding carboxylic acids is 1. The van der Waals surface area contributed by atoms with Gasteiger partial charge >= 0.3 is 0 Å². The molecule has 0 radical (unpaired) electrons. The van der Waals surface area contributed by atoms with Crippen molar-refractivity contribution in [3.63, 3.8) is 0 Å². The lowest BCUT2D eigenvalue weighted by molar-refractivity contribution is -0.118. The van der Waals surface area contributed by atoms with Gasteiger partial charge in [0.1, 0.15) is 11.5 Å². The van der Waals surface area contributed by atoms with Crippen LogP contribution >= 0.6 is 11.3 Å². The lowest BCUT2D eigenvalue weighted by atomic mass is 10.0. The number of thiophene rings is 1. The van der Waals surface area contributed by atoms with E-state index < -0.39 is 5.82 Å². The highest BCUT2D eigenvalue weighted by Crippen LogP contribution is 2.39. The number of carbonyl (C=O) groups is 1. The van der Waals surface area contributed by atoms with Crippen molar-refractivity contribution in [2.75, 3.05) is 0 Å². The van der Waals surface area contributed by atoms with Gasteiger partial charge in [-0.1, -0.05) is 19.1 Å². The summed E-state index contributed by atoms with van der Waals surface area (Å²) in [6.45, 7) is 5.12. The minimum Gasteiger partial charge on any atom is -0.453 e. The lowest BCUT2D eigenvalue weighted by Crippen LogP contribution is -2.24. The van der Waals surface area contributed by atoms with Crippen molar-refractivity contribution in [1.29, 1.82) is 0 Å². The monoisotopic (exact) mass is 503 g/mol. The minimum atomic E-state index is -0.475. The molecule has 7 heteroatoms. The fraction of sp³-hybridized carbons (Fsp3) is 0.345. The molecule has 4 aromatic rings. The van der Waals surface area contributed by atoms with E-state index in [-0.39, 0.29) is 18.0 Å². The largest absolute Gasteiger partial charge is 0.453 e. The first-order chi connectivity index (χ1) is 17.5. The highest BCUT2D eigenvalue weighted by atomic mass is 32.1. The van der Waals surface area contributed by atoms with Gasteiger partial charge in [0, 0.05) is 43.9 Å². The molecule has 1 atom stereocenters. The Balaban J connectivity index is 1.31. The summed E-state index contributed by atoms with van der Waals surface area (Å²) in [5.41, 5.74) is 3.45. The van der Waals surface area contributed by atoms with Crippen LogP contribution in [0.15, 0.2) is 54.9 Å². The number of Topliss-reactive ketones (excluding diaryl/α,β-unsaturated/α-hetero) is 1. The average Bonchev–Trinajstić information content (AvgIpc) is 3.58. The number of fused-ring (bicyclic) bond motifs is 1. The van der Waals surface area contributed by atoms with Gasteiger partial charge in [-0.3, -0.25) is 14.8 Å². The summed E-state index contributed by atoms with van der Waals surface area (Å²) in [7, 11) is 0. The topological polar surface area (TPSA) is 64.1 Å². The Hall–Kier alpha value is -3.16. The smallest absolute Gasteiger partial charge is 0.166 e. The second-order valence-corrected chi connectivity index (χ2v) is 10.7. The Morgan fingerprint density at radius 3 is 2.69 bits per heavy atom. The Bertz CT molecular complexity index is 1360. The predicted octanol–water partition coefficient (Wildman–Crippen LogP) is 7.09. The Kier molecular flexibility index (Phi) is 7.39. The van der Waals surface area contributed by atoms with Crippen LogP contribution in [0.25, 0.3) is 20.8 Å². The molecule has 3 aromatic heterocycles. The van der Waals surface area contributed by atoms with E-state index in [9.17, 15) is 9.18 Å². The molecule has 0 unspecified atom stereocenters. The number of ether oxygens (including phenoxy) is 1. The van der Waals surface area contributed by atoms with Gasteiger partial charge in [-0.2, -0.15) is 0 Å². The molecule has 1 aliphatic carbocycles. The number of halogens is 1. The van der Waals surface area contributed by atoms with E-state index in [2.05, 4.69) is 35.2 Å². The lowest BCUT2D eigenvalue weighted by Gasteiger charge is -2.10. The van der Waals surface area contributed by atoms with Gasteiger partial charge in [-0.15, -0.1) is 11.3 Å². The Morgan fingerprint density at radius 2 is 1.97 bits per heavy atom. The summed E-state index contributed by atoms with van der Waals surface area (Å²) in [4.78, 5) is 22.2. The van der Waals surface area contributed by atoms with Crippen LogP contribution in [0.4, 0.5) is 4.39 Å². The zero-order chi connectivity index (χ0) is 25.1. The van der Waals surface area contributed by atoms with Gasteiger partial charge in [0.25, 0.3) is 0 Å². The number of hydrogen-bond donors (Lipinski definition) is 1. The first-order valence-electron chi connectivity index (χ1n) is 12.5.